The molecule has 64 valence electrons. The monoisotopic (exact) mass is 177 g/mol. The van der Waals surface area contributed by atoms with Crippen LogP contribution < -0.4 is 0 Å². The van der Waals surface area contributed by atoms with Gasteiger partial charge in [0.15, 0.2) is 9.84 Å². The molecule has 5 heteroatoms. The first-order chi connectivity index (χ1) is 5.12. The van der Waals surface area contributed by atoms with Crippen molar-refractivity contribution >= 4 is 9.84 Å². The maximum atomic E-state index is 10.8. The average molecular weight is 177 g/mol. The van der Waals surface area contributed by atoms with Crippen LogP contribution in [0.3, 0.4) is 0 Å². The molecular weight excluding hydrogens is 166 g/mol. The van der Waals surface area contributed by atoms with Crippen molar-refractivity contribution in [2.45, 2.75) is 6.92 Å². The normalized spacial score (nSPS) is 10.9. The Balaban J connectivity index is 3.68. The molecule has 0 saturated carbocycles. The minimum absolute atomic E-state index is 0.0611. The summed E-state index contributed by atoms with van der Waals surface area (Å²) in [5, 5.41) is 8.09. The summed E-state index contributed by atoms with van der Waals surface area (Å²) >= 11 is 0. The second-order valence-electron chi connectivity index (χ2n) is 1.95. The minimum atomic E-state index is -3.19. The zero-order valence-corrected chi connectivity index (χ0v) is 7.23. The van der Waals surface area contributed by atoms with Crippen LogP contribution in [-0.2, 0) is 14.6 Å². The molecule has 0 amide bonds. The summed E-state index contributed by atoms with van der Waals surface area (Å²) in [5.74, 6) is -0.478. The molecule has 0 aliphatic carbocycles. The molecule has 0 radical (unpaired) electrons. The maximum Gasteiger partial charge on any atom is 0.165 e. The topological polar surface area (TPSA) is 67.2 Å². The van der Waals surface area contributed by atoms with Crippen LogP contribution in [0.5, 0.6) is 0 Å². The number of hydrogen-bond acceptors (Lipinski definition) is 4. The van der Waals surface area contributed by atoms with Crippen molar-refractivity contribution in [3.05, 3.63) is 0 Å². The van der Waals surface area contributed by atoms with Gasteiger partial charge in [-0.3, -0.25) is 0 Å². The van der Waals surface area contributed by atoms with Crippen LogP contribution in [0.2, 0.25) is 0 Å². The predicted molar refractivity (Wildman–Crippen MR) is 40.8 cm³/mol. The highest BCUT2D eigenvalue weighted by atomic mass is 32.2. The zero-order valence-electron chi connectivity index (χ0n) is 6.41. The van der Waals surface area contributed by atoms with Gasteiger partial charge in [-0.15, -0.1) is 0 Å². The summed E-state index contributed by atoms with van der Waals surface area (Å²) in [4.78, 5) is 0. The van der Waals surface area contributed by atoms with E-state index >= 15 is 0 Å². The Morgan fingerprint density at radius 2 is 2.18 bits per heavy atom. The van der Waals surface area contributed by atoms with Crippen LogP contribution in [0, 0.1) is 11.3 Å². The predicted octanol–water partition coefficient (Wildman–Crippen LogP) is -0.0387. The van der Waals surface area contributed by atoms with E-state index in [-0.39, 0.29) is 12.4 Å². The molecule has 4 nitrogen and oxygen atoms in total. The van der Waals surface area contributed by atoms with Crippen LogP contribution in [0.15, 0.2) is 0 Å². The summed E-state index contributed by atoms with van der Waals surface area (Å²) in [7, 11) is -3.19. The van der Waals surface area contributed by atoms with Crippen molar-refractivity contribution < 1.29 is 13.2 Å². The number of nitrogens with zero attached hydrogens (tertiary/aromatic N) is 1. The summed E-state index contributed by atoms with van der Waals surface area (Å²) < 4.78 is 26.4. The lowest BCUT2D eigenvalue weighted by Crippen LogP contribution is -2.14. The number of ether oxygens (including phenoxy) is 1. The third kappa shape index (κ3) is 5.83. The molecule has 0 aromatic rings. The van der Waals surface area contributed by atoms with Crippen molar-refractivity contribution in [2.75, 3.05) is 24.7 Å². The Kier molecular flexibility index (Phi) is 4.83. The highest BCUT2D eigenvalue weighted by Crippen LogP contribution is 1.88. The van der Waals surface area contributed by atoms with E-state index in [0.29, 0.717) is 6.61 Å². The second kappa shape index (κ2) is 5.10. The van der Waals surface area contributed by atoms with Crippen LogP contribution >= 0.6 is 0 Å². The molecule has 0 N–H and O–H groups in total. The quantitative estimate of drug-likeness (QED) is 0.553. The molecule has 0 fully saturated rings. The van der Waals surface area contributed by atoms with Gasteiger partial charge in [-0.2, -0.15) is 5.26 Å². The van der Waals surface area contributed by atoms with Gasteiger partial charge in [0.05, 0.1) is 18.4 Å². The van der Waals surface area contributed by atoms with Crippen LogP contribution in [0.1, 0.15) is 6.92 Å². The Labute approximate surface area is 66.7 Å². The number of rotatable bonds is 5. The first-order valence-electron chi connectivity index (χ1n) is 3.27. The molecule has 0 bridgehead atoms. The summed E-state index contributed by atoms with van der Waals surface area (Å²) in [6.45, 7) is 2.47. The smallest absolute Gasteiger partial charge is 0.165 e. The SMILES string of the molecule is CCOCCS(=O)(=O)CC#N. The number of nitriles is 1. The van der Waals surface area contributed by atoms with Crippen LogP contribution in [0.4, 0.5) is 0 Å². The van der Waals surface area contributed by atoms with E-state index in [1.165, 1.54) is 0 Å². The van der Waals surface area contributed by atoms with Crippen LogP contribution in [-0.4, -0.2) is 33.1 Å². The second-order valence-corrected chi connectivity index (χ2v) is 4.13. The lowest BCUT2D eigenvalue weighted by Gasteiger charge is -1.98. The van der Waals surface area contributed by atoms with Crippen molar-refractivity contribution in [2.24, 2.45) is 0 Å². The summed E-state index contributed by atoms with van der Waals surface area (Å²) in [6.07, 6.45) is 0. The maximum absolute atomic E-state index is 10.8. The Bertz CT molecular complexity index is 227. The van der Waals surface area contributed by atoms with Gasteiger partial charge >= 0.3 is 0 Å². The van der Waals surface area contributed by atoms with Gasteiger partial charge in [0.25, 0.3) is 0 Å². The van der Waals surface area contributed by atoms with Gasteiger partial charge in [-0.05, 0) is 6.92 Å². The largest absolute Gasteiger partial charge is 0.381 e. The Hall–Kier alpha value is -0.600. The van der Waals surface area contributed by atoms with Crippen molar-refractivity contribution in [1.82, 2.24) is 0 Å². The first-order valence-corrected chi connectivity index (χ1v) is 5.09. The molecule has 0 aromatic heterocycles. The molecule has 0 unspecified atom stereocenters. The van der Waals surface area contributed by atoms with E-state index < -0.39 is 15.6 Å². The molecule has 0 aromatic carbocycles. The highest BCUT2D eigenvalue weighted by molar-refractivity contribution is 7.91. The van der Waals surface area contributed by atoms with Gasteiger partial charge < -0.3 is 4.74 Å². The van der Waals surface area contributed by atoms with Gasteiger partial charge in [-0.1, -0.05) is 0 Å². The molecule has 0 spiro atoms. The Morgan fingerprint density at radius 1 is 1.55 bits per heavy atom. The van der Waals surface area contributed by atoms with Crippen LogP contribution in [0.25, 0.3) is 0 Å². The third-order valence-electron chi connectivity index (χ3n) is 1.03. The molecular formula is C6H11NO3S. The van der Waals surface area contributed by atoms with E-state index in [0.717, 1.165) is 0 Å². The van der Waals surface area contributed by atoms with Crippen molar-refractivity contribution in [1.29, 1.82) is 5.26 Å². The van der Waals surface area contributed by atoms with Gasteiger partial charge in [-0.25, -0.2) is 8.42 Å². The molecule has 0 rings (SSSR count). The van der Waals surface area contributed by atoms with E-state index in [1.54, 1.807) is 13.0 Å². The molecule has 0 aliphatic heterocycles. The average Bonchev–Trinajstić information content (AvgIpc) is 1.87. The van der Waals surface area contributed by atoms with Gasteiger partial charge in [0.1, 0.15) is 5.75 Å². The zero-order chi connectivity index (χ0) is 8.74. The van der Waals surface area contributed by atoms with Crippen molar-refractivity contribution in [3.8, 4) is 6.07 Å². The van der Waals surface area contributed by atoms with Crippen molar-refractivity contribution in [3.63, 3.8) is 0 Å². The fourth-order valence-corrected chi connectivity index (χ4v) is 1.21. The summed E-state index contributed by atoms with van der Waals surface area (Å²) in [5.41, 5.74) is 0. The van der Waals surface area contributed by atoms with E-state index in [1.807, 2.05) is 0 Å². The molecule has 0 saturated heterocycles. The third-order valence-corrected chi connectivity index (χ3v) is 2.38. The number of sulfone groups is 1. The highest BCUT2D eigenvalue weighted by Gasteiger charge is 2.08. The molecule has 11 heavy (non-hydrogen) atoms. The first kappa shape index (κ1) is 10.4. The molecule has 0 heterocycles. The lowest BCUT2D eigenvalue weighted by molar-refractivity contribution is 0.163. The lowest BCUT2D eigenvalue weighted by atomic mass is 10.8. The standard InChI is InChI=1S/C6H11NO3S/c1-2-10-4-6-11(8,9)5-3-7/h2,4-6H2,1H3. The fraction of sp³-hybridized carbons (Fsp3) is 0.833. The molecule has 0 atom stereocenters. The molecule has 0 aliphatic rings. The summed E-state index contributed by atoms with van der Waals surface area (Å²) in [6, 6.07) is 1.59. The van der Waals surface area contributed by atoms with E-state index in [2.05, 4.69) is 0 Å². The van der Waals surface area contributed by atoms with Gasteiger partial charge in [0.2, 0.25) is 0 Å². The van der Waals surface area contributed by atoms with Gasteiger partial charge in [0, 0.05) is 6.61 Å². The number of hydrogen-bond donors (Lipinski definition) is 0. The van der Waals surface area contributed by atoms with E-state index in [9.17, 15) is 8.42 Å². The fourth-order valence-electron chi connectivity index (χ4n) is 0.501. The minimum Gasteiger partial charge on any atom is -0.381 e. The Morgan fingerprint density at radius 3 is 2.64 bits per heavy atom. The van der Waals surface area contributed by atoms with E-state index in [4.69, 9.17) is 10.00 Å².